The molecule has 2 heterocycles. The van der Waals surface area contributed by atoms with Gasteiger partial charge in [0.1, 0.15) is 5.54 Å². The highest BCUT2D eigenvalue weighted by molar-refractivity contribution is 5.94. The smallest absolute Gasteiger partial charge is 0.263 e. The van der Waals surface area contributed by atoms with Crippen molar-refractivity contribution in [3.63, 3.8) is 0 Å². The van der Waals surface area contributed by atoms with Gasteiger partial charge in [0.05, 0.1) is 6.20 Å². The minimum Gasteiger partial charge on any atom is -0.436 e. The van der Waals surface area contributed by atoms with E-state index in [1.807, 2.05) is 37.4 Å². The second-order valence-corrected chi connectivity index (χ2v) is 8.25. The lowest BCUT2D eigenvalue weighted by atomic mass is 9.80. The van der Waals surface area contributed by atoms with Crippen LogP contribution in [0, 0.1) is 5.92 Å². The summed E-state index contributed by atoms with van der Waals surface area (Å²) in [7, 11) is 0. The Morgan fingerprint density at radius 3 is 2.77 bits per heavy atom. The van der Waals surface area contributed by atoms with E-state index >= 15 is 0 Å². The molecule has 0 saturated heterocycles. The lowest BCUT2D eigenvalue weighted by Gasteiger charge is -2.26. The lowest BCUT2D eigenvalue weighted by molar-refractivity contribution is 0.0869. The maximum atomic E-state index is 13.1. The summed E-state index contributed by atoms with van der Waals surface area (Å²) >= 11 is 0. The van der Waals surface area contributed by atoms with E-state index in [2.05, 4.69) is 52.8 Å². The Labute approximate surface area is 176 Å². The minimum absolute atomic E-state index is 0.00188. The van der Waals surface area contributed by atoms with Gasteiger partial charge in [-0.15, -0.1) is 0 Å². The Kier molecular flexibility index (Phi) is 4.62. The summed E-state index contributed by atoms with van der Waals surface area (Å²) < 4.78 is 5.90. The van der Waals surface area contributed by atoms with Crippen LogP contribution in [-0.4, -0.2) is 10.8 Å². The van der Waals surface area contributed by atoms with Crippen LogP contribution in [0.15, 0.2) is 83.6 Å². The van der Waals surface area contributed by atoms with Gasteiger partial charge < -0.3 is 9.73 Å². The number of dihydropyridines is 1. The number of aromatic nitrogens is 1. The largest absolute Gasteiger partial charge is 0.436 e. The van der Waals surface area contributed by atoms with Gasteiger partial charge in [-0.05, 0) is 60.7 Å². The van der Waals surface area contributed by atoms with E-state index in [9.17, 15) is 4.79 Å². The summed E-state index contributed by atoms with van der Waals surface area (Å²) in [5.74, 6) is 0.771. The molecule has 0 amide bonds. The van der Waals surface area contributed by atoms with Gasteiger partial charge in [-0.1, -0.05) is 60.7 Å². The predicted molar refractivity (Wildman–Crippen MR) is 117 cm³/mol. The van der Waals surface area contributed by atoms with Gasteiger partial charge in [-0.25, -0.2) is 4.98 Å². The molecule has 30 heavy (non-hydrogen) atoms. The summed E-state index contributed by atoms with van der Waals surface area (Å²) in [6, 6.07) is 17.0. The standard InChI is InChI=1S/C26H24N2O2/c1-26(13-5-6-14-28-26)23-17-27-25(30-23)24(29)22-12-11-20-15-19(9-10-21(20)16-22)18-7-3-2-4-8-18/h2-10,13-15,17,22,28H,11-12,16H2,1H3. The monoisotopic (exact) mass is 396 g/mol. The van der Waals surface area contributed by atoms with Crippen molar-refractivity contribution in [1.29, 1.82) is 0 Å². The highest BCUT2D eigenvalue weighted by Gasteiger charge is 2.32. The van der Waals surface area contributed by atoms with Crippen LogP contribution in [-0.2, 0) is 18.4 Å². The van der Waals surface area contributed by atoms with E-state index in [0.717, 1.165) is 19.3 Å². The Bertz CT molecular complexity index is 1140. The fraction of sp³-hybridized carbons (Fsp3) is 0.231. The summed E-state index contributed by atoms with van der Waals surface area (Å²) in [4.78, 5) is 17.4. The topological polar surface area (TPSA) is 55.1 Å². The van der Waals surface area contributed by atoms with Gasteiger partial charge in [0.25, 0.3) is 5.89 Å². The highest BCUT2D eigenvalue weighted by Crippen LogP contribution is 2.32. The molecule has 4 heteroatoms. The zero-order valence-corrected chi connectivity index (χ0v) is 17.0. The minimum atomic E-state index is -0.479. The molecule has 3 aromatic rings. The Balaban J connectivity index is 1.33. The first kappa shape index (κ1) is 18.6. The number of benzene rings is 2. The molecule has 0 saturated carbocycles. The molecule has 4 nitrogen and oxygen atoms in total. The third-order valence-corrected chi connectivity index (χ3v) is 6.16. The summed E-state index contributed by atoms with van der Waals surface area (Å²) in [6.45, 7) is 2.00. The van der Waals surface area contributed by atoms with Crippen molar-refractivity contribution in [3.05, 3.63) is 102 Å². The fourth-order valence-corrected chi connectivity index (χ4v) is 4.32. The molecule has 0 radical (unpaired) electrons. The Morgan fingerprint density at radius 2 is 1.97 bits per heavy atom. The van der Waals surface area contributed by atoms with Crippen LogP contribution >= 0.6 is 0 Å². The van der Waals surface area contributed by atoms with E-state index in [4.69, 9.17) is 4.42 Å². The van der Waals surface area contributed by atoms with Gasteiger partial charge in [-0.2, -0.15) is 0 Å². The molecule has 1 aliphatic heterocycles. The number of nitrogens with zero attached hydrogens (tertiary/aromatic N) is 1. The predicted octanol–water partition coefficient (Wildman–Crippen LogP) is 5.22. The first-order valence-corrected chi connectivity index (χ1v) is 10.4. The molecule has 0 bridgehead atoms. The molecule has 1 aliphatic carbocycles. The normalized spacial score (nSPS) is 22.4. The van der Waals surface area contributed by atoms with Crippen molar-refractivity contribution in [2.24, 2.45) is 5.92 Å². The Morgan fingerprint density at radius 1 is 1.10 bits per heavy atom. The first-order valence-electron chi connectivity index (χ1n) is 10.4. The van der Waals surface area contributed by atoms with E-state index in [1.165, 1.54) is 22.3 Å². The lowest BCUT2D eigenvalue weighted by Crippen LogP contribution is -2.34. The third kappa shape index (κ3) is 3.39. The molecule has 2 atom stereocenters. The summed E-state index contributed by atoms with van der Waals surface area (Å²) in [5, 5.41) is 3.26. The molecule has 2 aliphatic rings. The molecular formula is C26H24N2O2. The van der Waals surface area contributed by atoms with Crippen molar-refractivity contribution in [3.8, 4) is 11.1 Å². The van der Waals surface area contributed by atoms with Crippen molar-refractivity contribution >= 4 is 5.78 Å². The molecule has 1 aromatic heterocycles. The molecule has 2 unspecified atom stereocenters. The number of oxazole rings is 1. The molecule has 1 N–H and O–H groups in total. The van der Waals surface area contributed by atoms with E-state index < -0.39 is 5.54 Å². The van der Waals surface area contributed by atoms with Crippen LogP contribution in [0.5, 0.6) is 0 Å². The molecule has 0 spiro atoms. The van der Waals surface area contributed by atoms with Crippen LogP contribution in [0.2, 0.25) is 0 Å². The zero-order chi connectivity index (χ0) is 20.6. The molecular weight excluding hydrogens is 372 g/mol. The maximum absolute atomic E-state index is 13.1. The summed E-state index contributed by atoms with van der Waals surface area (Å²) in [5.41, 5.74) is 4.56. The van der Waals surface area contributed by atoms with Crippen molar-refractivity contribution in [1.82, 2.24) is 10.3 Å². The second kappa shape index (κ2) is 7.45. The van der Waals surface area contributed by atoms with Crippen LogP contribution in [0.3, 0.4) is 0 Å². The number of ketones is 1. The third-order valence-electron chi connectivity index (χ3n) is 6.16. The van der Waals surface area contributed by atoms with Gasteiger partial charge in [0, 0.05) is 5.92 Å². The number of hydrogen-bond donors (Lipinski definition) is 1. The van der Waals surface area contributed by atoms with Gasteiger partial charge >= 0.3 is 0 Å². The Hall–Kier alpha value is -3.40. The number of nitrogens with one attached hydrogen (secondary N) is 1. The van der Waals surface area contributed by atoms with Crippen LogP contribution in [0.25, 0.3) is 11.1 Å². The van der Waals surface area contributed by atoms with E-state index in [0.29, 0.717) is 5.76 Å². The number of Topliss-reactive ketones (excluding diaryl/α,β-unsaturated/α-hetero) is 1. The first-order chi connectivity index (χ1) is 14.6. The fourth-order valence-electron chi connectivity index (χ4n) is 4.32. The van der Waals surface area contributed by atoms with Gasteiger partial charge in [-0.3, -0.25) is 4.79 Å². The molecule has 0 fully saturated rings. The average molecular weight is 396 g/mol. The number of aryl methyl sites for hydroxylation is 1. The number of rotatable bonds is 4. The molecule has 5 rings (SSSR count). The molecule has 150 valence electrons. The van der Waals surface area contributed by atoms with Crippen molar-refractivity contribution < 1.29 is 9.21 Å². The van der Waals surface area contributed by atoms with E-state index in [-0.39, 0.29) is 17.6 Å². The van der Waals surface area contributed by atoms with Crippen LogP contribution < -0.4 is 5.32 Å². The van der Waals surface area contributed by atoms with Crippen molar-refractivity contribution in [2.75, 3.05) is 0 Å². The maximum Gasteiger partial charge on any atom is 0.263 e. The number of fused-ring (bicyclic) bond motifs is 1. The molecule has 2 aromatic carbocycles. The van der Waals surface area contributed by atoms with Gasteiger partial charge in [0.2, 0.25) is 5.78 Å². The SMILES string of the molecule is CC1(c2cnc(C(=O)C3CCc4cc(-c5ccccc5)ccc4C3)o2)C=CC=CN1. The quantitative estimate of drug-likeness (QED) is 0.615. The number of allylic oxidation sites excluding steroid dienone is 2. The van der Waals surface area contributed by atoms with Crippen LogP contribution in [0.1, 0.15) is 40.9 Å². The highest BCUT2D eigenvalue weighted by atomic mass is 16.4. The van der Waals surface area contributed by atoms with Crippen molar-refractivity contribution in [2.45, 2.75) is 31.7 Å². The summed E-state index contributed by atoms with van der Waals surface area (Å²) in [6.07, 6.45) is 11.9. The zero-order valence-electron chi connectivity index (χ0n) is 17.0. The van der Waals surface area contributed by atoms with Crippen LogP contribution in [0.4, 0.5) is 0 Å². The second-order valence-electron chi connectivity index (χ2n) is 8.25. The van der Waals surface area contributed by atoms with Gasteiger partial charge in [0.15, 0.2) is 5.76 Å². The number of carbonyl (C=O) groups is 1. The average Bonchev–Trinajstić information content (AvgIpc) is 3.30. The number of carbonyl (C=O) groups excluding carboxylic acids is 1. The van der Waals surface area contributed by atoms with E-state index in [1.54, 1.807) is 6.20 Å². The number of hydrogen-bond acceptors (Lipinski definition) is 4.